The van der Waals surface area contributed by atoms with E-state index < -0.39 is 14.7 Å². The number of sulfone groups is 1. The van der Waals surface area contributed by atoms with E-state index in [0.717, 1.165) is 11.8 Å². The Hall–Kier alpha value is -0.550. The largest absolute Gasteiger partial charge is 0.250 e. The molecule has 0 aliphatic heterocycles. The summed E-state index contributed by atoms with van der Waals surface area (Å²) < 4.78 is 34.7. The molecule has 78 valence electrons. The minimum absolute atomic E-state index is 0.619. The topological polar surface area (TPSA) is 34.1 Å². The molecule has 0 N–H and O–H groups in total. The molecular formula is C9H11FO2S2. The second-order valence-corrected chi connectivity index (χ2v) is 6.53. The Morgan fingerprint density at radius 1 is 1.29 bits per heavy atom. The molecule has 0 bridgehead atoms. The Balaban J connectivity index is 2.75. The zero-order valence-electron chi connectivity index (χ0n) is 7.90. The van der Waals surface area contributed by atoms with E-state index in [1.54, 1.807) is 12.1 Å². The van der Waals surface area contributed by atoms with Crippen LogP contribution in [0.15, 0.2) is 29.2 Å². The molecule has 1 aromatic carbocycles. The summed E-state index contributed by atoms with van der Waals surface area (Å²) in [5.41, 5.74) is 1.06. The molecule has 0 saturated carbocycles. The Kier molecular flexibility index (Phi) is 3.55. The van der Waals surface area contributed by atoms with Crippen molar-refractivity contribution in [2.45, 2.75) is 16.7 Å². The first-order chi connectivity index (χ1) is 6.39. The molecule has 0 spiro atoms. The summed E-state index contributed by atoms with van der Waals surface area (Å²) in [5, 5.41) is 0. The van der Waals surface area contributed by atoms with Gasteiger partial charge in [-0.1, -0.05) is 29.5 Å². The molecule has 0 saturated heterocycles. The molecule has 0 aliphatic rings. The number of alkyl halides is 1. The minimum atomic E-state index is -3.61. The normalized spacial score (nSPS) is 13.9. The Morgan fingerprint density at radius 2 is 1.79 bits per heavy atom. The third-order valence-electron chi connectivity index (χ3n) is 1.59. The number of hydrogen-bond acceptors (Lipinski definition) is 3. The molecule has 0 aromatic heterocycles. The third-order valence-corrected chi connectivity index (χ3v) is 4.33. The van der Waals surface area contributed by atoms with E-state index in [2.05, 4.69) is 0 Å². The number of thioether (sulfide) groups is 1. The molecule has 1 unspecified atom stereocenters. The quantitative estimate of drug-likeness (QED) is 0.753. The van der Waals surface area contributed by atoms with E-state index in [0.29, 0.717) is 16.7 Å². The van der Waals surface area contributed by atoms with Crippen LogP contribution in [0, 0.1) is 6.92 Å². The van der Waals surface area contributed by atoms with Crippen LogP contribution in [0.2, 0.25) is 0 Å². The minimum Gasteiger partial charge on any atom is -0.225 e. The van der Waals surface area contributed by atoms with E-state index in [4.69, 9.17) is 0 Å². The maximum atomic E-state index is 13.1. The molecule has 5 heteroatoms. The van der Waals surface area contributed by atoms with Crippen LogP contribution >= 0.6 is 11.8 Å². The van der Waals surface area contributed by atoms with Crippen molar-refractivity contribution < 1.29 is 12.8 Å². The monoisotopic (exact) mass is 234 g/mol. The van der Waals surface area contributed by atoms with Gasteiger partial charge < -0.3 is 0 Å². The van der Waals surface area contributed by atoms with Crippen LogP contribution < -0.4 is 0 Å². The molecule has 14 heavy (non-hydrogen) atoms. The highest BCUT2D eigenvalue weighted by atomic mass is 32.3. The Labute approximate surface area is 87.4 Å². The second-order valence-electron chi connectivity index (χ2n) is 3.03. The van der Waals surface area contributed by atoms with Crippen LogP contribution in [0.5, 0.6) is 0 Å². The van der Waals surface area contributed by atoms with Crippen molar-refractivity contribution in [3.05, 3.63) is 29.8 Å². The second kappa shape index (κ2) is 4.31. The molecular weight excluding hydrogens is 223 g/mol. The van der Waals surface area contributed by atoms with Crippen molar-refractivity contribution in [1.29, 1.82) is 0 Å². The van der Waals surface area contributed by atoms with Gasteiger partial charge in [0.25, 0.3) is 0 Å². The number of rotatable bonds is 3. The van der Waals surface area contributed by atoms with Crippen molar-refractivity contribution in [3.63, 3.8) is 0 Å². The lowest BCUT2D eigenvalue weighted by Crippen LogP contribution is -2.09. The van der Waals surface area contributed by atoms with Gasteiger partial charge >= 0.3 is 0 Å². The van der Waals surface area contributed by atoms with Crippen LogP contribution in [-0.4, -0.2) is 19.5 Å². The van der Waals surface area contributed by atoms with E-state index in [-0.39, 0.29) is 0 Å². The summed E-state index contributed by atoms with van der Waals surface area (Å²) >= 11 is 0.705. The lowest BCUT2D eigenvalue weighted by atomic mass is 10.2. The van der Waals surface area contributed by atoms with Gasteiger partial charge in [0.1, 0.15) is 0 Å². The summed E-state index contributed by atoms with van der Waals surface area (Å²) in [5.74, 6) is 0. The summed E-state index contributed by atoms with van der Waals surface area (Å²) in [6.45, 7) is 1.91. The van der Waals surface area contributed by atoms with Crippen LogP contribution in [0.25, 0.3) is 0 Å². The summed E-state index contributed by atoms with van der Waals surface area (Å²) in [4.78, 5) is -1.27. The number of aryl methyl sites for hydroxylation is 1. The van der Waals surface area contributed by atoms with Crippen molar-refractivity contribution in [2.24, 2.45) is 0 Å². The third kappa shape index (κ3) is 3.31. The van der Waals surface area contributed by atoms with Gasteiger partial charge in [-0.25, -0.2) is 12.8 Å². The SMILES string of the molecule is Cc1ccc(SC(F)S(C)(=O)=O)cc1. The molecule has 1 rings (SSSR count). The van der Waals surface area contributed by atoms with Crippen LogP contribution in [0.3, 0.4) is 0 Å². The van der Waals surface area contributed by atoms with Gasteiger partial charge in [0.05, 0.1) is 0 Å². The number of benzene rings is 1. The average Bonchev–Trinajstić information content (AvgIpc) is 2.07. The molecule has 2 nitrogen and oxygen atoms in total. The molecule has 0 aliphatic carbocycles. The van der Waals surface area contributed by atoms with Crippen LogP contribution in [0.1, 0.15) is 5.56 Å². The fourth-order valence-electron chi connectivity index (χ4n) is 0.811. The molecule has 1 aromatic rings. The van der Waals surface area contributed by atoms with Crippen molar-refractivity contribution in [2.75, 3.05) is 6.26 Å². The Morgan fingerprint density at radius 3 is 2.21 bits per heavy atom. The van der Waals surface area contributed by atoms with Crippen LogP contribution in [0.4, 0.5) is 4.39 Å². The van der Waals surface area contributed by atoms with Gasteiger partial charge in [-0.2, -0.15) is 0 Å². The van der Waals surface area contributed by atoms with Crippen molar-refractivity contribution in [1.82, 2.24) is 0 Å². The molecule has 0 fully saturated rings. The van der Waals surface area contributed by atoms with E-state index in [1.165, 1.54) is 0 Å². The van der Waals surface area contributed by atoms with Crippen LogP contribution in [-0.2, 0) is 9.84 Å². The smallest absolute Gasteiger partial charge is 0.225 e. The fraction of sp³-hybridized carbons (Fsp3) is 0.333. The fourth-order valence-corrected chi connectivity index (χ4v) is 2.35. The first-order valence-corrected chi connectivity index (χ1v) is 6.79. The van der Waals surface area contributed by atoms with Gasteiger partial charge in [0.2, 0.25) is 4.84 Å². The van der Waals surface area contributed by atoms with Gasteiger partial charge in [-0.15, -0.1) is 0 Å². The van der Waals surface area contributed by atoms with Gasteiger partial charge in [-0.3, -0.25) is 0 Å². The Bertz CT molecular complexity index is 397. The maximum absolute atomic E-state index is 13.1. The predicted octanol–water partition coefficient (Wildman–Crippen LogP) is 2.38. The molecule has 0 radical (unpaired) electrons. The maximum Gasteiger partial charge on any atom is 0.250 e. The van der Waals surface area contributed by atoms with Crippen molar-refractivity contribution >= 4 is 21.6 Å². The van der Waals surface area contributed by atoms with Gasteiger partial charge in [0.15, 0.2) is 9.84 Å². The highest BCUT2D eigenvalue weighted by Gasteiger charge is 2.20. The van der Waals surface area contributed by atoms with E-state index >= 15 is 0 Å². The lowest BCUT2D eigenvalue weighted by Gasteiger charge is -2.05. The summed E-state index contributed by atoms with van der Waals surface area (Å²) in [6.07, 6.45) is 0.888. The van der Waals surface area contributed by atoms with E-state index in [1.807, 2.05) is 19.1 Å². The van der Waals surface area contributed by atoms with Crippen molar-refractivity contribution in [3.8, 4) is 0 Å². The van der Waals surface area contributed by atoms with Gasteiger partial charge in [-0.05, 0) is 19.1 Å². The highest BCUT2D eigenvalue weighted by molar-refractivity contribution is 8.13. The first kappa shape index (κ1) is 11.5. The summed E-state index contributed by atoms with van der Waals surface area (Å²) in [7, 11) is -3.61. The highest BCUT2D eigenvalue weighted by Crippen LogP contribution is 2.27. The molecule has 1 atom stereocenters. The zero-order valence-corrected chi connectivity index (χ0v) is 9.53. The number of hydrogen-bond donors (Lipinski definition) is 0. The summed E-state index contributed by atoms with van der Waals surface area (Å²) in [6, 6.07) is 7.05. The lowest BCUT2D eigenvalue weighted by molar-refractivity contribution is 0.513. The zero-order chi connectivity index (χ0) is 10.8. The molecule has 0 heterocycles. The predicted molar refractivity (Wildman–Crippen MR) is 56.8 cm³/mol. The first-order valence-electron chi connectivity index (χ1n) is 3.96. The molecule has 0 amide bonds. The number of halogens is 1. The average molecular weight is 234 g/mol. The van der Waals surface area contributed by atoms with E-state index in [9.17, 15) is 12.8 Å². The standard InChI is InChI=1S/C9H11FO2S2/c1-7-3-5-8(6-4-7)13-9(10)14(2,11)12/h3-6,9H,1-2H3. The van der Waals surface area contributed by atoms with Gasteiger partial charge in [0, 0.05) is 11.2 Å².